The molecule has 0 aliphatic rings. The molecule has 15 heavy (non-hydrogen) atoms. The largest absolute Gasteiger partial charge is 0.468 e. The predicted molar refractivity (Wildman–Crippen MR) is 61.9 cm³/mol. The van der Waals surface area contributed by atoms with Crippen molar-refractivity contribution in [3.8, 4) is 0 Å². The Bertz CT molecular complexity index is 341. The minimum atomic E-state index is -0.580. The lowest BCUT2D eigenvalue weighted by molar-refractivity contribution is -0.142. The summed E-state index contributed by atoms with van der Waals surface area (Å²) < 4.78 is 4.59. The molecule has 0 amide bonds. The molecule has 82 valence electrons. The number of methoxy groups -OCH3 is 1. The number of carbonyl (C=O) groups excluding carboxylic acids is 1. The first kappa shape index (κ1) is 12.1. The van der Waals surface area contributed by atoms with Crippen LogP contribution in [-0.2, 0) is 16.0 Å². The van der Waals surface area contributed by atoms with Gasteiger partial charge < -0.3 is 10.5 Å². The van der Waals surface area contributed by atoms with E-state index in [1.807, 2.05) is 30.5 Å². The van der Waals surface area contributed by atoms with Crippen LogP contribution in [0.5, 0.6) is 0 Å². The molecule has 0 heterocycles. The number of rotatable bonds is 4. The zero-order valence-electron chi connectivity index (χ0n) is 8.90. The van der Waals surface area contributed by atoms with Gasteiger partial charge in [-0.05, 0) is 24.3 Å². The second kappa shape index (κ2) is 5.78. The molecule has 0 saturated heterocycles. The van der Waals surface area contributed by atoms with Gasteiger partial charge in [0.2, 0.25) is 0 Å². The molecular formula is C11H15NO2S. The van der Waals surface area contributed by atoms with Gasteiger partial charge in [-0.1, -0.05) is 18.2 Å². The summed E-state index contributed by atoms with van der Waals surface area (Å²) in [6.45, 7) is 0. The Labute approximate surface area is 94.0 Å². The number of hydrogen-bond acceptors (Lipinski definition) is 4. The molecule has 3 nitrogen and oxygen atoms in total. The number of thioether (sulfide) groups is 1. The molecule has 1 atom stereocenters. The van der Waals surface area contributed by atoms with E-state index in [9.17, 15) is 4.79 Å². The third-order valence-electron chi connectivity index (χ3n) is 2.14. The van der Waals surface area contributed by atoms with Gasteiger partial charge in [0, 0.05) is 4.90 Å². The summed E-state index contributed by atoms with van der Waals surface area (Å²) in [6, 6.07) is 7.33. The van der Waals surface area contributed by atoms with Gasteiger partial charge in [0.25, 0.3) is 0 Å². The van der Waals surface area contributed by atoms with E-state index >= 15 is 0 Å². The maximum absolute atomic E-state index is 11.2. The number of ether oxygens (including phenoxy) is 1. The van der Waals surface area contributed by atoms with Crippen LogP contribution in [0.3, 0.4) is 0 Å². The van der Waals surface area contributed by atoms with Crippen LogP contribution in [0.4, 0.5) is 0 Å². The van der Waals surface area contributed by atoms with E-state index < -0.39 is 6.04 Å². The second-order valence-corrected chi connectivity index (χ2v) is 3.99. The molecule has 0 fully saturated rings. The average molecular weight is 225 g/mol. The molecular weight excluding hydrogens is 210 g/mol. The van der Waals surface area contributed by atoms with Gasteiger partial charge in [-0.3, -0.25) is 4.79 Å². The number of benzene rings is 1. The molecule has 4 heteroatoms. The van der Waals surface area contributed by atoms with E-state index in [-0.39, 0.29) is 5.97 Å². The molecule has 2 N–H and O–H groups in total. The van der Waals surface area contributed by atoms with Crippen molar-refractivity contribution in [1.82, 2.24) is 0 Å². The number of hydrogen-bond donors (Lipinski definition) is 1. The van der Waals surface area contributed by atoms with Gasteiger partial charge in [0.1, 0.15) is 6.04 Å². The van der Waals surface area contributed by atoms with Crippen LogP contribution in [0, 0.1) is 0 Å². The summed E-state index contributed by atoms with van der Waals surface area (Å²) in [5, 5.41) is 0. The van der Waals surface area contributed by atoms with Crippen LogP contribution >= 0.6 is 11.8 Å². The van der Waals surface area contributed by atoms with E-state index in [0.717, 1.165) is 10.5 Å². The van der Waals surface area contributed by atoms with Crippen LogP contribution in [0.15, 0.2) is 29.2 Å². The third-order valence-corrected chi connectivity index (χ3v) is 2.97. The maximum Gasteiger partial charge on any atom is 0.322 e. The first-order valence-electron chi connectivity index (χ1n) is 4.64. The average Bonchev–Trinajstić information content (AvgIpc) is 2.28. The van der Waals surface area contributed by atoms with Crippen LogP contribution < -0.4 is 5.73 Å². The molecule has 0 unspecified atom stereocenters. The van der Waals surface area contributed by atoms with Crippen molar-refractivity contribution >= 4 is 17.7 Å². The van der Waals surface area contributed by atoms with Crippen molar-refractivity contribution in [2.24, 2.45) is 5.73 Å². The highest BCUT2D eigenvalue weighted by atomic mass is 32.2. The molecule has 0 aromatic heterocycles. The van der Waals surface area contributed by atoms with Crippen molar-refractivity contribution in [2.75, 3.05) is 13.4 Å². The summed E-state index contributed by atoms with van der Waals surface area (Å²) in [5.74, 6) is -0.370. The predicted octanol–water partition coefficient (Wildman–Crippen LogP) is 1.45. The van der Waals surface area contributed by atoms with Crippen molar-refractivity contribution < 1.29 is 9.53 Å². The highest BCUT2D eigenvalue weighted by Gasteiger charge is 2.15. The maximum atomic E-state index is 11.2. The molecule has 0 spiro atoms. The van der Waals surface area contributed by atoms with Crippen LogP contribution in [0.2, 0.25) is 0 Å². The van der Waals surface area contributed by atoms with E-state index in [4.69, 9.17) is 5.73 Å². The van der Waals surface area contributed by atoms with E-state index in [1.165, 1.54) is 7.11 Å². The van der Waals surface area contributed by atoms with Crippen molar-refractivity contribution in [3.63, 3.8) is 0 Å². The lowest BCUT2D eigenvalue weighted by Crippen LogP contribution is -2.33. The van der Waals surface area contributed by atoms with Gasteiger partial charge in [-0.15, -0.1) is 11.8 Å². The topological polar surface area (TPSA) is 52.3 Å². The van der Waals surface area contributed by atoms with Crippen LogP contribution in [-0.4, -0.2) is 25.4 Å². The standard InChI is InChI=1S/C11H15NO2S/c1-14-11(13)9(12)7-8-5-3-4-6-10(8)15-2/h3-6,9H,7,12H2,1-2H3/t9-/m0/s1. The van der Waals surface area contributed by atoms with Crippen molar-refractivity contribution in [2.45, 2.75) is 17.4 Å². The summed E-state index contributed by atoms with van der Waals surface area (Å²) in [4.78, 5) is 12.3. The molecule has 1 rings (SSSR count). The van der Waals surface area contributed by atoms with Crippen molar-refractivity contribution in [3.05, 3.63) is 29.8 Å². The third kappa shape index (κ3) is 3.25. The Kier molecular flexibility index (Phi) is 4.65. The smallest absolute Gasteiger partial charge is 0.322 e. The lowest BCUT2D eigenvalue weighted by Gasteiger charge is -2.11. The minimum Gasteiger partial charge on any atom is -0.468 e. The molecule has 0 aliphatic heterocycles. The molecule has 0 aliphatic carbocycles. The molecule has 1 aromatic rings. The van der Waals surface area contributed by atoms with Gasteiger partial charge in [-0.2, -0.15) is 0 Å². The Balaban J connectivity index is 2.75. The minimum absolute atomic E-state index is 0.370. The van der Waals surface area contributed by atoms with Gasteiger partial charge in [-0.25, -0.2) is 0 Å². The summed E-state index contributed by atoms with van der Waals surface area (Å²) in [6.07, 6.45) is 2.52. The Morgan fingerprint density at radius 1 is 1.53 bits per heavy atom. The highest BCUT2D eigenvalue weighted by Crippen LogP contribution is 2.20. The molecule has 0 bridgehead atoms. The highest BCUT2D eigenvalue weighted by molar-refractivity contribution is 7.98. The van der Waals surface area contributed by atoms with Crippen LogP contribution in [0.25, 0.3) is 0 Å². The van der Waals surface area contributed by atoms with Gasteiger partial charge >= 0.3 is 5.97 Å². The van der Waals surface area contributed by atoms with Gasteiger partial charge in [0.05, 0.1) is 7.11 Å². The summed E-state index contributed by atoms with van der Waals surface area (Å²) in [7, 11) is 1.35. The second-order valence-electron chi connectivity index (χ2n) is 3.15. The fourth-order valence-corrected chi connectivity index (χ4v) is 1.97. The molecule has 0 saturated carbocycles. The summed E-state index contributed by atoms with van der Waals surface area (Å²) in [5.41, 5.74) is 6.79. The van der Waals surface area contributed by atoms with Gasteiger partial charge in [0.15, 0.2) is 0 Å². The Morgan fingerprint density at radius 3 is 2.80 bits per heavy atom. The number of carbonyl (C=O) groups is 1. The summed E-state index contributed by atoms with van der Waals surface area (Å²) >= 11 is 1.65. The fourth-order valence-electron chi connectivity index (χ4n) is 1.34. The number of nitrogens with two attached hydrogens (primary N) is 1. The lowest BCUT2D eigenvalue weighted by atomic mass is 10.1. The normalized spacial score (nSPS) is 12.2. The SMILES string of the molecule is COC(=O)[C@@H](N)Cc1ccccc1SC. The van der Waals surface area contributed by atoms with E-state index in [2.05, 4.69) is 4.74 Å². The Morgan fingerprint density at radius 2 is 2.20 bits per heavy atom. The fraction of sp³-hybridized carbons (Fsp3) is 0.364. The van der Waals surface area contributed by atoms with E-state index in [0.29, 0.717) is 6.42 Å². The Hall–Kier alpha value is -1.00. The monoisotopic (exact) mass is 225 g/mol. The van der Waals surface area contributed by atoms with Crippen molar-refractivity contribution in [1.29, 1.82) is 0 Å². The molecule has 1 aromatic carbocycles. The number of esters is 1. The van der Waals surface area contributed by atoms with Crippen LogP contribution in [0.1, 0.15) is 5.56 Å². The zero-order valence-corrected chi connectivity index (χ0v) is 9.71. The first-order chi connectivity index (χ1) is 7.19. The van der Waals surface area contributed by atoms with E-state index in [1.54, 1.807) is 11.8 Å². The molecule has 0 radical (unpaired) electrons. The first-order valence-corrected chi connectivity index (χ1v) is 5.86. The quantitative estimate of drug-likeness (QED) is 0.622. The zero-order chi connectivity index (χ0) is 11.3.